The van der Waals surface area contributed by atoms with Crippen LogP contribution in [-0.4, -0.2) is 66.0 Å². The lowest BCUT2D eigenvalue weighted by molar-refractivity contribution is -0.124. The third kappa shape index (κ3) is 4.41. The number of aromatic nitrogens is 2. The summed E-state index contributed by atoms with van der Waals surface area (Å²) in [4.78, 5) is 48.2. The second-order valence-corrected chi connectivity index (χ2v) is 11.2. The van der Waals surface area contributed by atoms with E-state index in [9.17, 15) is 14.4 Å². The quantitative estimate of drug-likeness (QED) is 0.390. The molecule has 1 aromatic heterocycles. The highest BCUT2D eigenvalue weighted by atomic mass is 16.5. The number of methoxy groups -OCH3 is 1. The molecule has 1 N–H and O–H groups in total. The molecule has 3 aliphatic heterocycles. The van der Waals surface area contributed by atoms with E-state index in [4.69, 9.17) is 9.47 Å². The number of benzene rings is 3. The smallest absolute Gasteiger partial charge is 0.258 e. The van der Waals surface area contributed by atoms with Crippen molar-refractivity contribution >= 4 is 23.4 Å². The number of nitrogens with one attached hydrogen (secondary N) is 1. The molecular formula is C33H31N5O5. The summed E-state index contributed by atoms with van der Waals surface area (Å²) in [7, 11) is 3.37. The van der Waals surface area contributed by atoms with Gasteiger partial charge in [0.25, 0.3) is 11.8 Å². The van der Waals surface area contributed by atoms with E-state index in [-0.39, 0.29) is 30.9 Å². The number of imidazole rings is 1. The highest BCUT2D eigenvalue weighted by Gasteiger charge is 2.51. The number of para-hydroxylation sites is 1. The Kier molecular flexibility index (Phi) is 6.41. The van der Waals surface area contributed by atoms with E-state index in [1.54, 1.807) is 30.3 Å². The molecule has 10 heteroatoms. The van der Waals surface area contributed by atoms with Gasteiger partial charge in [0.1, 0.15) is 5.82 Å². The molecule has 4 aromatic rings. The van der Waals surface area contributed by atoms with Crippen molar-refractivity contribution in [1.82, 2.24) is 19.8 Å². The van der Waals surface area contributed by atoms with Gasteiger partial charge in [-0.1, -0.05) is 18.2 Å². The van der Waals surface area contributed by atoms with Crippen LogP contribution in [0.25, 0.3) is 17.1 Å². The van der Waals surface area contributed by atoms with E-state index < -0.39 is 5.41 Å². The number of likely N-dealkylation sites (tertiary alicyclic amines) is 1. The largest absolute Gasteiger partial charge is 0.493 e. The maximum atomic E-state index is 14.0. The van der Waals surface area contributed by atoms with Crippen LogP contribution in [0.3, 0.4) is 0 Å². The molecule has 7 rings (SSSR count). The predicted octanol–water partition coefficient (Wildman–Crippen LogP) is 3.71. The highest BCUT2D eigenvalue weighted by Crippen LogP contribution is 2.47. The van der Waals surface area contributed by atoms with Crippen LogP contribution < -0.4 is 19.7 Å². The summed E-state index contributed by atoms with van der Waals surface area (Å²) in [6.45, 7) is 0.957. The van der Waals surface area contributed by atoms with Crippen molar-refractivity contribution in [3.63, 3.8) is 0 Å². The molecule has 0 saturated carbocycles. The van der Waals surface area contributed by atoms with Gasteiger partial charge in [0.05, 0.1) is 12.5 Å². The Morgan fingerprint density at radius 2 is 1.86 bits per heavy atom. The maximum absolute atomic E-state index is 14.0. The number of hydrogen-bond acceptors (Lipinski definition) is 6. The minimum atomic E-state index is -0.601. The van der Waals surface area contributed by atoms with E-state index in [2.05, 4.69) is 10.3 Å². The molecule has 3 aromatic carbocycles. The molecule has 0 aliphatic carbocycles. The third-order valence-electron chi connectivity index (χ3n) is 8.81. The average molecular weight is 578 g/mol. The Labute approximate surface area is 248 Å². The summed E-state index contributed by atoms with van der Waals surface area (Å²) < 4.78 is 13.1. The van der Waals surface area contributed by atoms with Crippen LogP contribution in [0.15, 0.2) is 73.1 Å². The second kappa shape index (κ2) is 10.3. The summed E-state index contributed by atoms with van der Waals surface area (Å²) >= 11 is 0. The van der Waals surface area contributed by atoms with Crippen molar-refractivity contribution in [3.05, 3.63) is 89.7 Å². The number of fused-ring (bicyclic) bond motifs is 9. The first-order valence-corrected chi connectivity index (χ1v) is 14.3. The van der Waals surface area contributed by atoms with Crippen molar-refractivity contribution in [1.29, 1.82) is 0 Å². The minimum Gasteiger partial charge on any atom is -0.493 e. The molecule has 0 atom stereocenters. The van der Waals surface area contributed by atoms with Crippen molar-refractivity contribution in [3.8, 4) is 28.6 Å². The summed E-state index contributed by atoms with van der Waals surface area (Å²) in [6, 6.07) is 19.0. The number of nitrogens with zero attached hydrogens (tertiary/aromatic N) is 4. The summed E-state index contributed by atoms with van der Waals surface area (Å²) in [5, 5.41) is 2.89. The van der Waals surface area contributed by atoms with Gasteiger partial charge in [0, 0.05) is 61.6 Å². The Bertz CT molecular complexity index is 1770. The van der Waals surface area contributed by atoms with Gasteiger partial charge in [0.2, 0.25) is 5.91 Å². The number of amides is 3. The predicted molar refractivity (Wildman–Crippen MR) is 160 cm³/mol. The SMILES string of the molecule is COc1ccc2cc1OCC(=O)NCc1cc(C(=O)N3CCC4(CC3)C(=O)N(C)c3ccccc34)cc(c1)-n1ccnc1-2. The van der Waals surface area contributed by atoms with E-state index in [1.807, 2.05) is 71.2 Å². The first-order chi connectivity index (χ1) is 20.9. The van der Waals surface area contributed by atoms with Crippen LogP contribution in [0.5, 0.6) is 11.5 Å². The van der Waals surface area contributed by atoms with Crippen LogP contribution in [-0.2, 0) is 21.5 Å². The Hall–Kier alpha value is -5.12. The lowest BCUT2D eigenvalue weighted by Crippen LogP contribution is -2.49. The highest BCUT2D eigenvalue weighted by molar-refractivity contribution is 6.08. The zero-order chi connectivity index (χ0) is 29.7. The molecule has 43 heavy (non-hydrogen) atoms. The zero-order valence-electron chi connectivity index (χ0n) is 24.0. The van der Waals surface area contributed by atoms with Crippen molar-refractivity contribution < 1.29 is 23.9 Å². The van der Waals surface area contributed by atoms with Crippen LogP contribution in [0.1, 0.15) is 34.3 Å². The average Bonchev–Trinajstić information content (AvgIpc) is 3.61. The van der Waals surface area contributed by atoms with Crippen molar-refractivity contribution in [2.45, 2.75) is 24.8 Å². The second-order valence-electron chi connectivity index (χ2n) is 11.2. The Morgan fingerprint density at radius 1 is 1.05 bits per heavy atom. The minimum absolute atomic E-state index is 0.0940. The number of anilines is 1. The molecule has 1 spiro atoms. The van der Waals surface area contributed by atoms with Gasteiger partial charge >= 0.3 is 0 Å². The van der Waals surface area contributed by atoms with E-state index in [1.165, 1.54) is 0 Å². The number of likely N-dealkylation sites (N-methyl/N-ethyl adjacent to an activating group) is 1. The fourth-order valence-electron chi connectivity index (χ4n) is 6.56. The molecule has 4 bridgehead atoms. The molecule has 4 heterocycles. The summed E-state index contributed by atoms with van der Waals surface area (Å²) in [5.74, 6) is 1.29. The number of ether oxygens (including phenoxy) is 2. The van der Waals surface area contributed by atoms with Crippen molar-refractivity contribution in [2.24, 2.45) is 0 Å². The fraction of sp³-hybridized carbons (Fsp3) is 0.273. The molecule has 0 radical (unpaired) electrons. The monoisotopic (exact) mass is 577 g/mol. The van der Waals surface area contributed by atoms with Crippen LogP contribution in [0.2, 0.25) is 0 Å². The summed E-state index contributed by atoms with van der Waals surface area (Å²) in [6.07, 6.45) is 4.68. The van der Waals surface area contributed by atoms with Crippen LogP contribution >= 0.6 is 0 Å². The van der Waals surface area contributed by atoms with Crippen LogP contribution in [0.4, 0.5) is 5.69 Å². The molecule has 10 nitrogen and oxygen atoms in total. The summed E-state index contributed by atoms with van der Waals surface area (Å²) in [5.41, 5.74) is 4.19. The first kappa shape index (κ1) is 26.8. The first-order valence-electron chi connectivity index (χ1n) is 14.3. The molecule has 1 fully saturated rings. The molecule has 0 unspecified atom stereocenters. The standard InChI is InChI=1S/C33H31N5O5/c1-36-26-6-4-3-5-25(26)33(32(36)41)9-12-37(13-10-33)31(40)23-15-21-16-24(17-23)38-14-11-34-30(38)22-7-8-27(42-2)28(18-22)43-20-29(39)35-19-21/h3-8,11,14-18H,9-10,12-13,19-20H2,1-2H3,(H,35,39). The lowest BCUT2D eigenvalue weighted by Gasteiger charge is -2.38. The van der Waals surface area contributed by atoms with Gasteiger partial charge in [-0.2, -0.15) is 0 Å². The number of piperidine rings is 1. The topological polar surface area (TPSA) is 106 Å². The maximum Gasteiger partial charge on any atom is 0.258 e. The van der Waals surface area contributed by atoms with Gasteiger partial charge in [-0.3, -0.25) is 19.0 Å². The fourth-order valence-corrected chi connectivity index (χ4v) is 6.56. The van der Waals surface area contributed by atoms with E-state index >= 15 is 0 Å². The molecular weight excluding hydrogens is 546 g/mol. The van der Waals surface area contributed by atoms with Gasteiger partial charge in [-0.25, -0.2) is 4.98 Å². The van der Waals surface area contributed by atoms with Gasteiger partial charge in [0.15, 0.2) is 18.1 Å². The van der Waals surface area contributed by atoms with E-state index in [0.717, 1.165) is 28.1 Å². The normalized spacial score (nSPS) is 17.2. The third-order valence-corrected chi connectivity index (χ3v) is 8.81. The molecule has 1 saturated heterocycles. The Balaban J connectivity index is 1.22. The zero-order valence-corrected chi connectivity index (χ0v) is 24.0. The van der Waals surface area contributed by atoms with E-state index in [0.29, 0.717) is 48.8 Å². The molecule has 3 amide bonds. The van der Waals surface area contributed by atoms with Crippen molar-refractivity contribution in [2.75, 3.05) is 38.8 Å². The van der Waals surface area contributed by atoms with Gasteiger partial charge in [-0.15, -0.1) is 0 Å². The van der Waals surface area contributed by atoms with Gasteiger partial charge in [-0.05, 0) is 66.4 Å². The van der Waals surface area contributed by atoms with Gasteiger partial charge < -0.3 is 24.6 Å². The number of rotatable bonds is 2. The number of carbonyl (C=O) groups excluding carboxylic acids is 3. The van der Waals surface area contributed by atoms with Crippen LogP contribution in [0, 0.1) is 0 Å². The Morgan fingerprint density at radius 3 is 2.67 bits per heavy atom. The number of hydrogen-bond donors (Lipinski definition) is 1. The molecule has 3 aliphatic rings. The lowest BCUT2D eigenvalue weighted by atomic mass is 9.73. The molecule has 218 valence electrons. The number of carbonyl (C=O) groups is 3.